The summed E-state index contributed by atoms with van der Waals surface area (Å²) in [6.45, 7) is 0. The molecule has 23 heavy (non-hydrogen) atoms. The zero-order valence-electron chi connectivity index (χ0n) is 12.7. The summed E-state index contributed by atoms with van der Waals surface area (Å²) in [5, 5.41) is 0. The Morgan fingerprint density at radius 2 is 1.70 bits per heavy atom. The first-order valence-electron chi connectivity index (χ1n) is 7.42. The molecule has 0 bridgehead atoms. The maximum Gasteiger partial charge on any atom is 0.219 e. The second-order valence-electron chi connectivity index (χ2n) is 5.30. The Morgan fingerprint density at radius 1 is 0.913 bits per heavy atom. The molecule has 4 heteroatoms. The summed E-state index contributed by atoms with van der Waals surface area (Å²) in [6, 6.07) is 18.1. The second-order valence-corrected chi connectivity index (χ2v) is 5.30. The minimum Gasteiger partial charge on any atom is -0.444 e. The van der Waals surface area contributed by atoms with Crippen molar-refractivity contribution in [2.75, 3.05) is 0 Å². The van der Waals surface area contributed by atoms with Crippen LogP contribution in [0.3, 0.4) is 0 Å². The largest absolute Gasteiger partial charge is 0.444 e. The molecule has 0 aliphatic rings. The van der Waals surface area contributed by atoms with Gasteiger partial charge in [-0.05, 0) is 23.8 Å². The van der Waals surface area contributed by atoms with E-state index in [1.165, 1.54) is 0 Å². The van der Waals surface area contributed by atoms with E-state index in [1.807, 2.05) is 78.4 Å². The fourth-order valence-corrected chi connectivity index (χ4v) is 2.57. The maximum absolute atomic E-state index is 5.54. The Morgan fingerprint density at radius 3 is 2.52 bits per heavy atom. The SMILES string of the molecule is Cn1c(-c2coc(/C=C/c3ccccc3)n2)nc2ccccc21. The van der Waals surface area contributed by atoms with E-state index in [4.69, 9.17) is 4.42 Å². The number of aryl methyl sites for hydroxylation is 1. The number of para-hydroxylation sites is 2. The molecule has 2 aromatic heterocycles. The van der Waals surface area contributed by atoms with E-state index in [1.54, 1.807) is 6.26 Å². The lowest BCUT2D eigenvalue weighted by molar-refractivity contribution is 0.547. The van der Waals surface area contributed by atoms with Crippen LogP contribution in [0.5, 0.6) is 0 Å². The molecule has 0 N–H and O–H groups in total. The van der Waals surface area contributed by atoms with Gasteiger partial charge in [0.15, 0.2) is 5.82 Å². The van der Waals surface area contributed by atoms with Crippen molar-refractivity contribution in [1.29, 1.82) is 0 Å². The van der Waals surface area contributed by atoms with E-state index in [9.17, 15) is 0 Å². The minimum atomic E-state index is 0.566. The average Bonchev–Trinajstić information content (AvgIpc) is 3.19. The number of imidazole rings is 1. The maximum atomic E-state index is 5.54. The van der Waals surface area contributed by atoms with Crippen molar-refractivity contribution in [3.63, 3.8) is 0 Å². The molecule has 4 rings (SSSR count). The first-order chi connectivity index (χ1) is 11.3. The molecule has 112 valence electrons. The molecule has 0 fully saturated rings. The summed E-state index contributed by atoms with van der Waals surface area (Å²) < 4.78 is 7.57. The zero-order valence-corrected chi connectivity index (χ0v) is 12.7. The zero-order chi connectivity index (χ0) is 15.6. The van der Waals surface area contributed by atoms with Gasteiger partial charge < -0.3 is 8.98 Å². The highest BCUT2D eigenvalue weighted by atomic mass is 16.3. The van der Waals surface area contributed by atoms with Gasteiger partial charge in [0.05, 0.1) is 11.0 Å². The molecular formula is C19H15N3O. The van der Waals surface area contributed by atoms with Gasteiger partial charge in [-0.15, -0.1) is 0 Å². The molecular weight excluding hydrogens is 286 g/mol. The molecule has 0 aliphatic carbocycles. The summed E-state index contributed by atoms with van der Waals surface area (Å²) in [6.07, 6.45) is 5.48. The lowest BCUT2D eigenvalue weighted by Gasteiger charge is -1.97. The number of hydrogen-bond donors (Lipinski definition) is 0. The Hall–Kier alpha value is -3.14. The van der Waals surface area contributed by atoms with Gasteiger partial charge in [-0.25, -0.2) is 9.97 Å². The fraction of sp³-hybridized carbons (Fsp3) is 0.0526. The van der Waals surface area contributed by atoms with Crippen LogP contribution in [0.2, 0.25) is 0 Å². The number of oxazole rings is 1. The van der Waals surface area contributed by atoms with E-state index >= 15 is 0 Å². The van der Waals surface area contributed by atoms with Crippen LogP contribution in [0.1, 0.15) is 11.5 Å². The highest BCUT2D eigenvalue weighted by molar-refractivity contribution is 5.79. The normalized spacial score (nSPS) is 11.5. The van der Waals surface area contributed by atoms with Gasteiger partial charge in [0.1, 0.15) is 12.0 Å². The first kappa shape index (κ1) is 13.5. The summed E-state index contributed by atoms with van der Waals surface area (Å²) in [7, 11) is 1.98. The van der Waals surface area contributed by atoms with Crippen LogP contribution in [-0.2, 0) is 7.05 Å². The minimum absolute atomic E-state index is 0.566. The second kappa shape index (κ2) is 5.57. The van der Waals surface area contributed by atoms with Crippen molar-refractivity contribution in [2.24, 2.45) is 7.05 Å². The lowest BCUT2D eigenvalue weighted by atomic mass is 10.2. The third-order valence-corrected chi connectivity index (χ3v) is 3.76. The third kappa shape index (κ3) is 2.55. The molecule has 4 nitrogen and oxygen atoms in total. The van der Waals surface area contributed by atoms with Crippen LogP contribution in [-0.4, -0.2) is 14.5 Å². The van der Waals surface area contributed by atoms with E-state index in [0.29, 0.717) is 5.89 Å². The summed E-state index contributed by atoms with van der Waals surface area (Å²) in [4.78, 5) is 9.15. The van der Waals surface area contributed by atoms with Crippen molar-refractivity contribution in [1.82, 2.24) is 14.5 Å². The Balaban J connectivity index is 1.67. The molecule has 0 amide bonds. The molecule has 0 unspecified atom stereocenters. The smallest absolute Gasteiger partial charge is 0.219 e. The van der Waals surface area contributed by atoms with E-state index in [2.05, 4.69) is 9.97 Å². The van der Waals surface area contributed by atoms with Crippen LogP contribution in [0.15, 0.2) is 65.3 Å². The van der Waals surface area contributed by atoms with Crippen molar-refractivity contribution < 1.29 is 4.42 Å². The Bertz CT molecular complexity index is 980. The highest BCUT2D eigenvalue weighted by Crippen LogP contribution is 2.23. The van der Waals surface area contributed by atoms with Gasteiger partial charge in [-0.2, -0.15) is 0 Å². The monoisotopic (exact) mass is 301 g/mol. The predicted molar refractivity (Wildman–Crippen MR) is 91.6 cm³/mol. The third-order valence-electron chi connectivity index (χ3n) is 3.76. The molecule has 0 spiro atoms. The molecule has 2 heterocycles. The average molecular weight is 301 g/mol. The van der Waals surface area contributed by atoms with Crippen LogP contribution in [0.4, 0.5) is 0 Å². The standard InChI is InChI=1S/C19H15N3O/c1-22-17-10-6-5-9-15(17)21-19(22)16-13-23-18(20-16)12-11-14-7-3-2-4-8-14/h2-13H,1H3/b12-11+. The van der Waals surface area contributed by atoms with Gasteiger partial charge in [0.25, 0.3) is 0 Å². The molecule has 0 atom stereocenters. The van der Waals surface area contributed by atoms with Crippen LogP contribution in [0.25, 0.3) is 34.7 Å². The van der Waals surface area contributed by atoms with Crippen LogP contribution < -0.4 is 0 Å². The quantitative estimate of drug-likeness (QED) is 0.563. The molecule has 0 radical (unpaired) electrons. The number of benzene rings is 2. The molecule has 0 aliphatic heterocycles. The van der Waals surface area contributed by atoms with E-state index in [0.717, 1.165) is 28.1 Å². The van der Waals surface area contributed by atoms with Gasteiger partial charge >= 0.3 is 0 Å². The summed E-state index contributed by atoms with van der Waals surface area (Å²) in [5.74, 6) is 1.37. The van der Waals surface area contributed by atoms with Crippen LogP contribution >= 0.6 is 0 Å². The van der Waals surface area contributed by atoms with Crippen LogP contribution in [0, 0.1) is 0 Å². The number of nitrogens with zero attached hydrogens (tertiary/aromatic N) is 3. The fourth-order valence-electron chi connectivity index (χ4n) is 2.57. The summed E-state index contributed by atoms with van der Waals surface area (Å²) >= 11 is 0. The number of rotatable bonds is 3. The van der Waals surface area contributed by atoms with Gasteiger partial charge in [0, 0.05) is 13.1 Å². The van der Waals surface area contributed by atoms with E-state index in [-0.39, 0.29) is 0 Å². The number of hydrogen-bond acceptors (Lipinski definition) is 3. The lowest BCUT2D eigenvalue weighted by Crippen LogP contribution is -1.92. The Labute approximate surface area is 133 Å². The molecule has 0 saturated heterocycles. The van der Waals surface area contributed by atoms with Gasteiger partial charge in [-0.1, -0.05) is 42.5 Å². The van der Waals surface area contributed by atoms with Crippen molar-refractivity contribution >= 4 is 23.2 Å². The van der Waals surface area contributed by atoms with Crippen molar-refractivity contribution in [2.45, 2.75) is 0 Å². The Kier molecular flexibility index (Phi) is 3.27. The van der Waals surface area contributed by atoms with Gasteiger partial charge in [-0.3, -0.25) is 0 Å². The predicted octanol–water partition coefficient (Wildman–Crippen LogP) is 4.40. The first-order valence-corrected chi connectivity index (χ1v) is 7.42. The van der Waals surface area contributed by atoms with E-state index < -0.39 is 0 Å². The number of aromatic nitrogens is 3. The van der Waals surface area contributed by atoms with Crippen molar-refractivity contribution in [3.05, 3.63) is 72.3 Å². The molecule has 4 aromatic rings. The van der Waals surface area contributed by atoms with Gasteiger partial charge in [0.2, 0.25) is 5.89 Å². The molecule has 2 aromatic carbocycles. The summed E-state index contributed by atoms with van der Waals surface area (Å²) in [5.41, 5.74) is 3.87. The van der Waals surface area contributed by atoms with Crippen molar-refractivity contribution in [3.8, 4) is 11.5 Å². The number of fused-ring (bicyclic) bond motifs is 1. The highest BCUT2D eigenvalue weighted by Gasteiger charge is 2.12. The molecule has 0 saturated carbocycles. The topological polar surface area (TPSA) is 43.9 Å².